The van der Waals surface area contributed by atoms with Crippen molar-refractivity contribution in [3.05, 3.63) is 174 Å². The third kappa shape index (κ3) is 4.76. The Kier molecular flexibility index (Phi) is 6.83. The normalized spacial score (nSPS) is 14.3. The molecule has 232 valence electrons. The lowest BCUT2D eigenvalue weighted by atomic mass is 9.81. The van der Waals surface area contributed by atoms with Crippen molar-refractivity contribution in [2.45, 2.75) is 44.9 Å². The predicted octanol–water partition coefficient (Wildman–Crippen LogP) is 12.8. The summed E-state index contributed by atoms with van der Waals surface area (Å²) in [5.41, 5.74) is 17.1. The summed E-state index contributed by atoms with van der Waals surface area (Å²) >= 11 is 0. The van der Waals surface area contributed by atoms with Gasteiger partial charge in [0.1, 0.15) is 0 Å². The van der Waals surface area contributed by atoms with Crippen LogP contribution in [0.15, 0.2) is 152 Å². The van der Waals surface area contributed by atoms with Gasteiger partial charge in [0.15, 0.2) is 0 Å². The van der Waals surface area contributed by atoms with Gasteiger partial charge in [0.05, 0.1) is 0 Å². The molecule has 0 bridgehead atoms. The van der Waals surface area contributed by atoms with Gasteiger partial charge in [-0.2, -0.15) is 0 Å². The third-order valence-electron chi connectivity index (χ3n) is 10.8. The maximum atomic E-state index is 2.42. The van der Waals surface area contributed by atoms with Crippen LogP contribution < -0.4 is 4.90 Å². The molecule has 0 amide bonds. The molecule has 2 aliphatic rings. The molecule has 7 aromatic rings. The highest BCUT2D eigenvalue weighted by Gasteiger charge is 2.36. The van der Waals surface area contributed by atoms with Crippen LogP contribution in [0.5, 0.6) is 0 Å². The SMILES string of the molecule is CC1(C)c2cc(N(c3ccccc3)c3ccc(-c4ccc(-c5cccc6c5CCCC6)cc4)cc3)ccc2-c2cc3ccccc3cc21. The zero-order chi connectivity index (χ0) is 32.2. The summed E-state index contributed by atoms with van der Waals surface area (Å²) in [6, 6.07) is 56.4. The highest BCUT2D eigenvalue weighted by molar-refractivity contribution is 5.94. The van der Waals surface area contributed by atoms with Gasteiger partial charge in [-0.25, -0.2) is 0 Å². The van der Waals surface area contributed by atoms with Crippen molar-refractivity contribution >= 4 is 27.8 Å². The second-order valence-corrected chi connectivity index (χ2v) is 14.0. The monoisotopic (exact) mass is 617 g/mol. The Morgan fingerprint density at radius 3 is 1.81 bits per heavy atom. The number of anilines is 3. The van der Waals surface area contributed by atoms with E-state index in [1.807, 2.05) is 0 Å². The summed E-state index contributed by atoms with van der Waals surface area (Å²) in [5.74, 6) is 0. The van der Waals surface area contributed by atoms with Crippen LogP contribution in [0.4, 0.5) is 17.1 Å². The largest absolute Gasteiger partial charge is 0.310 e. The standard InChI is InChI=1S/C47H39N/c1-47(2)45-30-37-13-7-6-12-36(37)29-44(45)43-28-27-40(31-46(43)47)48(38-15-4-3-5-16-38)39-25-23-33(24-26-39)32-19-21-35(22-20-32)42-18-10-14-34-11-8-9-17-41(34)42/h3-7,10,12-16,18-31H,8-9,11,17H2,1-2H3. The Bertz CT molecular complexity index is 2290. The van der Waals surface area contributed by atoms with Crippen LogP contribution in [-0.4, -0.2) is 0 Å². The molecule has 0 unspecified atom stereocenters. The third-order valence-corrected chi connectivity index (χ3v) is 10.8. The second-order valence-electron chi connectivity index (χ2n) is 14.0. The minimum atomic E-state index is -0.0951. The Hall–Kier alpha value is -5.40. The summed E-state index contributed by atoms with van der Waals surface area (Å²) in [4.78, 5) is 2.39. The topological polar surface area (TPSA) is 3.24 Å². The second kappa shape index (κ2) is 11.4. The van der Waals surface area contributed by atoms with Crippen LogP contribution in [-0.2, 0) is 18.3 Å². The quantitative estimate of drug-likeness (QED) is 0.186. The number of rotatable bonds is 5. The Morgan fingerprint density at radius 1 is 0.438 bits per heavy atom. The zero-order valence-electron chi connectivity index (χ0n) is 27.7. The molecule has 2 aliphatic carbocycles. The highest BCUT2D eigenvalue weighted by atomic mass is 15.1. The molecule has 48 heavy (non-hydrogen) atoms. The minimum absolute atomic E-state index is 0.0951. The summed E-state index contributed by atoms with van der Waals surface area (Å²) in [6.45, 7) is 4.74. The lowest BCUT2D eigenvalue weighted by Crippen LogP contribution is -2.16. The van der Waals surface area contributed by atoms with Crippen LogP contribution in [0, 0.1) is 0 Å². The summed E-state index contributed by atoms with van der Waals surface area (Å²) < 4.78 is 0. The Balaban J connectivity index is 1.07. The Labute approximate surface area is 284 Å². The Morgan fingerprint density at radius 2 is 1.04 bits per heavy atom. The minimum Gasteiger partial charge on any atom is -0.310 e. The first-order valence-corrected chi connectivity index (χ1v) is 17.4. The van der Waals surface area contributed by atoms with E-state index in [9.17, 15) is 0 Å². The molecule has 0 aliphatic heterocycles. The number of benzene rings is 7. The molecule has 0 radical (unpaired) electrons. The van der Waals surface area contributed by atoms with Crippen molar-refractivity contribution in [2.24, 2.45) is 0 Å². The van der Waals surface area contributed by atoms with Gasteiger partial charge in [0.25, 0.3) is 0 Å². The molecule has 9 rings (SSSR count). The predicted molar refractivity (Wildman–Crippen MR) is 204 cm³/mol. The number of para-hydroxylation sites is 1. The maximum Gasteiger partial charge on any atom is 0.0465 e. The van der Waals surface area contributed by atoms with Crippen LogP contribution in [0.1, 0.15) is 48.9 Å². The summed E-state index contributed by atoms with van der Waals surface area (Å²) in [7, 11) is 0. The first-order valence-electron chi connectivity index (χ1n) is 17.4. The lowest BCUT2D eigenvalue weighted by molar-refractivity contribution is 0.661. The van der Waals surface area contributed by atoms with E-state index >= 15 is 0 Å². The van der Waals surface area contributed by atoms with E-state index in [-0.39, 0.29) is 5.41 Å². The van der Waals surface area contributed by atoms with Gasteiger partial charge in [0, 0.05) is 22.5 Å². The first kappa shape index (κ1) is 28.8. The van der Waals surface area contributed by atoms with Crippen LogP contribution in [0.25, 0.3) is 44.2 Å². The molecule has 1 heteroatoms. The van der Waals surface area contributed by atoms with E-state index in [0.29, 0.717) is 0 Å². The summed E-state index contributed by atoms with van der Waals surface area (Å²) in [5, 5.41) is 2.60. The number of hydrogen-bond acceptors (Lipinski definition) is 1. The van der Waals surface area contributed by atoms with E-state index < -0.39 is 0 Å². The number of hydrogen-bond donors (Lipinski definition) is 0. The van der Waals surface area contributed by atoms with Crippen molar-refractivity contribution in [1.29, 1.82) is 0 Å². The fraction of sp³-hybridized carbons (Fsp3) is 0.149. The van der Waals surface area contributed by atoms with Gasteiger partial charge in [-0.1, -0.05) is 117 Å². The molecule has 0 saturated heterocycles. The van der Waals surface area contributed by atoms with E-state index in [4.69, 9.17) is 0 Å². The van der Waals surface area contributed by atoms with Crippen molar-refractivity contribution < 1.29 is 0 Å². The molecule has 0 spiro atoms. The fourth-order valence-corrected chi connectivity index (χ4v) is 8.27. The number of nitrogens with zero attached hydrogens (tertiary/aromatic N) is 1. The highest BCUT2D eigenvalue weighted by Crippen LogP contribution is 2.51. The molecule has 0 aromatic heterocycles. The van der Waals surface area contributed by atoms with E-state index in [1.54, 1.807) is 5.56 Å². The van der Waals surface area contributed by atoms with E-state index in [1.165, 1.54) is 92.2 Å². The summed E-state index contributed by atoms with van der Waals surface area (Å²) in [6.07, 6.45) is 5.01. The lowest BCUT2D eigenvalue weighted by Gasteiger charge is -2.28. The average molecular weight is 618 g/mol. The van der Waals surface area contributed by atoms with Crippen molar-refractivity contribution in [1.82, 2.24) is 0 Å². The average Bonchev–Trinajstić information content (AvgIpc) is 3.36. The molecule has 0 saturated carbocycles. The molecule has 7 aromatic carbocycles. The van der Waals surface area contributed by atoms with Gasteiger partial charge in [-0.3, -0.25) is 0 Å². The van der Waals surface area contributed by atoms with Gasteiger partial charge in [-0.15, -0.1) is 0 Å². The van der Waals surface area contributed by atoms with Gasteiger partial charge in [0.2, 0.25) is 0 Å². The van der Waals surface area contributed by atoms with Crippen molar-refractivity contribution in [3.8, 4) is 33.4 Å². The van der Waals surface area contributed by atoms with E-state index in [0.717, 1.165) is 11.4 Å². The maximum absolute atomic E-state index is 2.42. The molecule has 0 heterocycles. The van der Waals surface area contributed by atoms with Gasteiger partial charge >= 0.3 is 0 Å². The van der Waals surface area contributed by atoms with E-state index in [2.05, 4.69) is 170 Å². The molecular formula is C47H39N. The van der Waals surface area contributed by atoms with Crippen molar-refractivity contribution in [2.75, 3.05) is 4.90 Å². The van der Waals surface area contributed by atoms with Gasteiger partial charge in [-0.05, 0) is 141 Å². The van der Waals surface area contributed by atoms with Crippen LogP contribution >= 0.6 is 0 Å². The van der Waals surface area contributed by atoms with Crippen LogP contribution in [0.3, 0.4) is 0 Å². The van der Waals surface area contributed by atoms with Crippen LogP contribution in [0.2, 0.25) is 0 Å². The van der Waals surface area contributed by atoms with Crippen molar-refractivity contribution in [3.63, 3.8) is 0 Å². The zero-order valence-corrected chi connectivity index (χ0v) is 27.7. The molecular weight excluding hydrogens is 579 g/mol. The number of fused-ring (bicyclic) bond motifs is 5. The molecule has 0 atom stereocenters. The first-order chi connectivity index (χ1) is 23.5. The van der Waals surface area contributed by atoms with Gasteiger partial charge < -0.3 is 4.90 Å². The number of aryl methyl sites for hydroxylation is 1. The molecule has 0 N–H and O–H groups in total. The fourth-order valence-electron chi connectivity index (χ4n) is 8.27. The molecule has 1 nitrogen and oxygen atoms in total. The molecule has 0 fully saturated rings. The smallest absolute Gasteiger partial charge is 0.0465 e.